The van der Waals surface area contributed by atoms with Gasteiger partial charge in [0.15, 0.2) is 0 Å². The van der Waals surface area contributed by atoms with E-state index >= 15 is 0 Å². The van der Waals surface area contributed by atoms with E-state index in [2.05, 4.69) is 25.6 Å². The number of anilines is 3. The Hall–Kier alpha value is -3.81. The van der Waals surface area contributed by atoms with Crippen LogP contribution in [0.5, 0.6) is 0 Å². The SMILES string of the molecule is CNc1cc(Nc2cc(-n3c(C)nc4ccccc4c3=O)ccc2F)ncn1. The van der Waals surface area contributed by atoms with Crippen LogP contribution in [-0.4, -0.2) is 26.6 Å². The summed E-state index contributed by atoms with van der Waals surface area (Å²) in [5, 5.41) is 6.33. The molecule has 7 nitrogen and oxygen atoms in total. The maximum atomic E-state index is 14.4. The highest BCUT2D eigenvalue weighted by molar-refractivity contribution is 5.78. The molecule has 0 fully saturated rings. The zero-order chi connectivity index (χ0) is 19.7. The van der Waals surface area contributed by atoms with Crippen molar-refractivity contribution in [2.24, 2.45) is 0 Å². The summed E-state index contributed by atoms with van der Waals surface area (Å²) in [6.07, 6.45) is 1.37. The van der Waals surface area contributed by atoms with Crippen LogP contribution in [0.4, 0.5) is 21.7 Å². The van der Waals surface area contributed by atoms with Gasteiger partial charge in [-0.25, -0.2) is 19.3 Å². The lowest BCUT2D eigenvalue weighted by Gasteiger charge is -2.13. The number of aromatic nitrogens is 4. The molecule has 4 rings (SSSR count). The molecule has 0 bridgehead atoms. The highest BCUT2D eigenvalue weighted by atomic mass is 19.1. The Morgan fingerprint density at radius 2 is 1.82 bits per heavy atom. The lowest BCUT2D eigenvalue weighted by Crippen LogP contribution is -2.22. The number of benzene rings is 2. The summed E-state index contributed by atoms with van der Waals surface area (Å²) in [4.78, 5) is 25.6. The van der Waals surface area contributed by atoms with Gasteiger partial charge in [0.05, 0.1) is 22.3 Å². The zero-order valence-electron chi connectivity index (χ0n) is 15.3. The molecule has 2 aromatic carbocycles. The first kappa shape index (κ1) is 17.6. The fourth-order valence-electron chi connectivity index (χ4n) is 3.00. The van der Waals surface area contributed by atoms with Crippen molar-refractivity contribution >= 4 is 28.2 Å². The van der Waals surface area contributed by atoms with Crippen LogP contribution in [0.1, 0.15) is 5.82 Å². The molecule has 28 heavy (non-hydrogen) atoms. The van der Waals surface area contributed by atoms with Gasteiger partial charge in [-0.05, 0) is 37.3 Å². The van der Waals surface area contributed by atoms with Gasteiger partial charge in [-0.2, -0.15) is 0 Å². The first-order valence-electron chi connectivity index (χ1n) is 8.62. The molecule has 2 aromatic heterocycles. The van der Waals surface area contributed by atoms with Gasteiger partial charge in [0.25, 0.3) is 5.56 Å². The normalized spacial score (nSPS) is 10.8. The van der Waals surface area contributed by atoms with Crippen LogP contribution in [-0.2, 0) is 0 Å². The Kier molecular flexibility index (Phi) is 4.44. The van der Waals surface area contributed by atoms with Crippen molar-refractivity contribution < 1.29 is 4.39 Å². The molecule has 0 radical (unpaired) electrons. The quantitative estimate of drug-likeness (QED) is 0.568. The standard InChI is InChI=1S/C20H17FN6O/c1-12-25-16-6-4-3-5-14(16)20(28)27(12)13-7-8-15(21)17(9-13)26-19-10-18(22-2)23-11-24-19/h3-11H,1-2H3,(H2,22,23,24,26). The van der Waals surface area contributed by atoms with E-state index in [-0.39, 0.29) is 11.2 Å². The van der Waals surface area contributed by atoms with Gasteiger partial charge in [-0.15, -0.1) is 0 Å². The summed E-state index contributed by atoms with van der Waals surface area (Å²) in [7, 11) is 1.73. The van der Waals surface area contributed by atoms with Crippen LogP contribution in [0.3, 0.4) is 0 Å². The highest BCUT2D eigenvalue weighted by Gasteiger charge is 2.12. The fraction of sp³-hybridized carbons (Fsp3) is 0.100. The molecular formula is C20H17FN6O. The second kappa shape index (κ2) is 7.07. The monoisotopic (exact) mass is 376 g/mol. The van der Waals surface area contributed by atoms with Crippen LogP contribution in [0.2, 0.25) is 0 Å². The number of para-hydroxylation sites is 1. The van der Waals surface area contributed by atoms with Gasteiger partial charge in [-0.3, -0.25) is 9.36 Å². The summed E-state index contributed by atoms with van der Waals surface area (Å²) in [6.45, 7) is 1.74. The smallest absolute Gasteiger partial charge is 0.265 e. The molecule has 0 spiro atoms. The van der Waals surface area contributed by atoms with Crippen LogP contribution >= 0.6 is 0 Å². The third-order valence-corrected chi connectivity index (χ3v) is 4.34. The molecule has 0 aliphatic carbocycles. The first-order valence-corrected chi connectivity index (χ1v) is 8.62. The largest absolute Gasteiger partial charge is 0.373 e. The van der Waals surface area contributed by atoms with Crippen LogP contribution in [0.25, 0.3) is 16.6 Å². The molecule has 2 N–H and O–H groups in total. The Bertz CT molecular complexity index is 1240. The Morgan fingerprint density at radius 1 is 1.04 bits per heavy atom. The van der Waals surface area contributed by atoms with E-state index in [1.54, 1.807) is 50.4 Å². The van der Waals surface area contributed by atoms with Gasteiger partial charge >= 0.3 is 0 Å². The summed E-state index contributed by atoms with van der Waals surface area (Å²) in [6, 6.07) is 13.2. The lowest BCUT2D eigenvalue weighted by atomic mass is 10.2. The van der Waals surface area contributed by atoms with Crippen molar-refractivity contribution in [1.82, 2.24) is 19.5 Å². The molecule has 0 aliphatic heterocycles. The fourth-order valence-corrected chi connectivity index (χ4v) is 3.00. The maximum absolute atomic E-state index is 14.4. The maximum Gasteiger partial charge on any atom is 0.265 e. The third kappa shape index (κ3) is 3.16. The topological polar surface area (TPSA) is 84.7 Å². The number of hydrogen-bond donors (Lipinski definition) is 2. The van der Waals surface area contributed by atoms with E-state index in [9.17, 15) is 9.18 Å². The molecule has 0 amide bonds. The lowest BCUT2D eigenvalue weighted by molar-refractivity contribution is 0.631. The Balaban J connectivity index is 1.81. The number of fused-ring (bicyclic) bond motifs is 1. The molecule has 0 saturated carbocycles. The van der Waals surface area contributed by atoms with E-state index in [1.807, 2.05) is 6.07 Å². The average molecular weight is 376 g/mol. The number of hydrogen-bond acceptors (Lipinski definition) is 6. The number of aryl methyl sites for hydroxylation is 1. The Morgan fingerprint density at radius 3 is 2.64 bits per heavy atom. The third-order valence-electron chi connectivity index (χ3n) is 4.34. The molecule has 4 aromatic rings. The van der Waals surface area contributed by atoms with Crippen molar-refractivity contribution in [2.75, 3.05) is 17.7 Å². The van der Waals surface area contributed by atoms with Crippen molar-refractivity contribution in [2.45, 2.75) is 6.92 Å². The molecule has 0 unspecified atom stereocenters. The minimum Gasteiger partial charge on any atom is -0.373 e. The number of nitrogens with one attached hydrogen (secondary N) is 2. The molecule has 8 heteroatoms. The molecule has 0 atom stereocenters. The minimum atomic E-state index is -0.465. The molecule has 0 aliphatic rings. The van der Waals surface area contributed by atoms with E-state index in [1.165, 1.54) is 17.0 Å². The van der Waals surface area contributed by atoms with Crippen molar-refractivity contribution in [3.8, 4) is 5.69 Å². The molecule has 0 saturated heterocycles. The van der Waals surface area contributed by atoms with Crippen LogP contribution in [0.15, 0.2) is 59.7 Å². The number of halogens is 1. The predicted molar refractivity (Wildman–Crippen MR) is 107 cm³/mol. The van der Waals surface area contributed by atoms with Gasteiger partial charge < -0.3 is 10.6 Å². The number of nitrogens with zero attached hydrogens (tertiary/aromatic N) is 4. The van der Waals surface area contributed by atoms with Crippen molar-refractivity contribution in [3.63, 3.8) is 0 Å². The molecule has 140 valence electrons. The summed E-state index contributed by atoms with van der Waals surface area (Å²) in [5.74, 6) is 1.07. The summed E-state index contributed by atoms with van der Waals surface area (Å²) >= 11 is 0. The predicted octanol–water partition coefficient (Wildman–Crippen LogP) is 3.41. The molecular weight excluding hydrogens is 359 g/mol. The van der Waals surface area contributed by atoms with Gasteiger partial charge in [0.2, 0.25) is 0 Å². The Labute approximate surface area is 159 Å². The molecule has 2 heterocycles. The van der Waals surface area contributed by atoms with Crippen molar-refractivity contribution in [1.29, 1.82) is 0 Å². The van der Waals surface area contributed by atoms with Crippen LogP contribution < -0.4 is 16.2 Å². The average Bonchev–Trinajstić information content (AvgIpc) is 2.70. The van der Waals surface area contributed by atoms with Gasteiger partial charge in [0.1, 0.15) is 29.6 Å². The summed E-state index contributed by atoms with van der Waals surface area (Å²) < 4.78 is 15.8. The van der Waals surface area contributed by atoms with E-state index in [0.717, 1.165) is 0 Å². The van der Waals surface area contributed by atoms with E-state index < -0.39 is 5.82 Å². The minimum absolute atomic E-state index is 0.192. The summed E-state index contributed by atoms with van der Waals surface area (Å²) in [5.41, 5.74) is 1.12. The second-order valence-electron chi connectivity index (χ2n) is 6.14. The van der Waals surface area contributed by atoms with E-state index in [0.29, 0.717) is 34.1 Å². The van der Waals surface area contributed by atoms with Crippen LogP contribution in [0, 0.1) is 12.7 Å². The number of rotatable bonds is 4. The highest BCUT2D eigenvalue weighted by Crippen LogP contribution is 2.23. The zero-order valence-corrected chi connectivity index (χ0v) is 15.3. The second-order valence-corrected chi connectivity index (χ2v) is 6.14. The first-order chi connectivity index (χ1) is 13.6. The van der Waals surface area contributed by atoms with Crippen molar-refractivity contribution in [3.05, 3.63) is 76.9 Å². The van der Waals surface area contributed by atoms with Gasteiger partial charge in [-0.1, -0.05) is 12.1 Å². The van der Waals surface area contributed by atoms with Gasteiger partial charge in [0, 0.05) is 13.1 Å². The van der Waals surface area contributed by atoms with E-state index in [4.69, 9.17) is 0 Å².